The van der Waals surface area contributed by atoms with Crippen molar-refractivity contribution >= 4 is 24.2 Å². The van der Waals surface area contributed by atoms with Crippen LogP contribution in [0.2, 0.25) is 0 Å². The molecule has 3 N–H and O–H groups in total. The summed E-state index contributed by atoms with van der Waals surface area (Å²) in [6, 6.07) is 0. The van der Waals surface area contributed by atoms with Gasteiger partial charge in [0.05, 0.1) is 12.5 Å². The first kappa shape index (κ1) is 19.2. The maximum absolute atomic E-state index is 12.4. The average Bonchev–Trinajstić information content (AvgIpc) is 2.48. The summed E-state index contributed by atoms with van der Waals surface area (Å²) >= 11 is 0. The van der Waals surface area contributed by atoms with Crippen LogP contribution in [0.3, 0.4) is 0 Å². The van der Waals surface area contributed by atoms with Crippen LogP contribution in [0.25, 0.3) is 0 Å². The van der Waals surface area contributed by atoms with E-state index in [1.54, 1.807) is 0 Å². The number of hydrogen-bond donors (Lipinski definition) is 2. The van der Waals surface area contributed by atoms with Gasteiger partial charge in [-0.25, -0.2) is 0 Å². The molecule has 2 atom stereocenters. The van der Waals surface area contributed by atoms with Gasteiger partial charge in [0.15, 0.2) is 0 Å². The Morgan fingerprint density at radius 2 is 1.91 bits per heavy atom. The summed E-state index contributed by atoms with van der Waals surface area (Å²) in [7, 11) is 1.97. The van der Waals surface area contributed by atoms with Crippen LogP contribution in [0, 0.1) is 11.8 Å². The van der Waals surface area contributed by atoms with Crippen molar-refractivity contribution in [2.24, 2.45) is 17.6 Å². The Hall–Kier alpha value is -0.850. The SMILES string of the molecule is CNCC1CCCN(CC(=O)N2CCCC(C(N)=O)C2)C1.Cl. The lowest BCUT2D eigenvalue weighted by Gasteiger charge is -2.36. The molecule has 0 aromatic heterocycles. The highest BCUT2D eigenvalue weighted by Crippen LogP contribution is 2.18. The van der Waals surface area contributed by atoms with Crippen molar-refractivity contribution in [2.45, 2.75) is 25.7 Å². The van der Waals surface area contributed by atoms with Crippen LogP contribution in [-0.2, 0) is 9.59 Å². The first-order chi connectivity index (χ1) is 10.1. The van der Waals surface area contributed by atoms with Crippen molar-refractivity contribution in [3.8, 4) is 0 Å². The molecular formula is C15H29ClN4O2. The summed E-state index contributed by atoms with van der Waals surface area (Å²) in [5.41, 5.74) is 5.37. The molecule has 2 amide bonds. The lowest BCUT2D eigenvalue weighted by molar-refractivity contribution is -0.136. The van der Waals surface area contributed by atoms with E-state index in [-0.39, 0.29) is 30.1 Å². The van der Waals surface area contributed by atoms with Crippen LogP contribution in [-0.4, -0.2) is 67.9 Å². The first-order valence-electron chi connectivity index (χ1n) is 8.04. The number of hydrogen-bond acceptors (Lipinski definition) is 4. The Kier molecular flexibility index (Phi) is 8.14. The predicted octanol–water partition coefficient (Wildman–Crippen LogP) is 0.0635. The number of rotatable bonds is 5. The standard InChI is InChI=1S/C15H28N4O2.ClH/c1-17-8-12-4-2-6-18(9-12)11-14(20)19-7-3-5-13(10-19)15(16)21;/h12-13,17H,2-11H2,1H3,(H2,16,21);1H. The third-order valence-electron chi connectivity index (χ3n) is 4.63. The van der Waals surface area contributed by atoms with Gasteiger partial charge in [-0.15, -0.1) is 12.4 Å². The van der Waals surface area contributed by atoms with Crippen molar-refractivity contribution in [1.82, 2.24) is 15.1 Å². The average molecular weight is 333 g/mol. The highest BCUT2D eigenvalue weighted by atomic mass is 35.5. The van der Waals surface area contributed by atoms with Crippen molar-refractivity contribution in [1.29, 1.82) is 0 Å². The van der Waals surface area contributed by atoms with E-state index in [2.05, 4.69) is 10.2 Å². The van der Waals surface area contributed by atoms with Gasteiger partial charge in [0.25, 0.3) is 0 Å². The van der Waals surface area contributed by atoms with Gasteiger partial charge in [0, 0.05) is 19.6 Å². The zero-order chi connectivity index (χ0) is 15.2. The van der Waals surface area contributed by atoms with Gasteiger partial charge in [-0.3, -0.25) is 14.5 Å². The molecule has 0 aromatic carbocycles. The van der Waals surface area contributed by atoms with Crippen LogP contribution in [0.5, 0.6) is 0 Å². The molecule has 2 unspecified atom stereocenters. The quantitative estimate of drug-likeness (QED) is 0.746. The Balaban J connectivity index is 0.00000242. The molecule has 2 aliphatic rings. The van der Waals surface area contributed by atoms with E-state index in [1.165, 1.54) is 6.42 Å². The number of primary amides is 1. The van der Waals surface area contributed by atoms with Gasteiger partial charge in [-0.1, -0.05) is 0 Å². The Labute approximate surface area is 139 Å². The van der Waals surface area contributed by atoms with Crippen LogP contribution in [0.15, 0.2) is 0 Å². The fraction of sp³-hybridized carbons (Fsp3) is 0.867. The van der Waals surface area contributed by atoms with Crippen molar-refractivity contribution in [3.05, 3.63) is 0 Å². The number of nitrogens with two attached hydrogens (primary N) is 1. The maximum Gasteiger partial charge on any atom is 0.236 e. The van der Waals surface area contributed by atoms with E-state index >= 15 is 0 Å². The normalized spacial score (nSPS) is 26.3. The van der Waals surface area contributed by atoms with E-state index in [0.29, 0.717) is 19.0 Å². The van der Waals surface area contributed by atoms with Crippen LogP contribution >= 0.6 is 12.4 Å². The largest absolute Gasteiger partial charge is 0.369 e. The summed E-state index contributed by atoms with van der Waals surface area (Å²) in [5, 5.41) is 3.22. The minimum atomic E-state index is -0.278. The molecule has 2 aliphatic heterocycles. The highest BCUT2D eigenvalue weighted by molar-refractivity contribution is 5.85. The lowest BCUT2D eigenvalue weighted by Crippen LogP contribution is -2.49. The van der Waals surface area contributed by atoms with E-state index in [1.807, 2.05) is 11.9 Å². The van der Waals surface area contributed by atoms with Crippen molar-refractivity contribution in [2.75, 3.05) is 46.3 Å². The molecule has 128 valence electrons. The van der Waals surface area contributed by atoms with Gasteiger partial charge in [0.1, 0.15) is 0 Å². The lowest BCUT2D eigenvalue weighted by atomic mass is 9.96. The predicted molar refractivity (Wildman–Crippen MR) is 88.8 cm³/mol. The smallest absolute Gasteiger partial charge is 0.236 e. The molecule has 0 radical (unpaired) electrons. The van der Waals surface area contributed by atoms with Gasteiger partial charge in [-0.05, 0) is 51.7 Å². The fourth-order valence-electron chi connectivity index (χ4n) is 3.48. The van der Waals surface area contributed by atoms with Crippen molar-refractivity contribution < 1.29 is 9.59 Å². The molecule has 2 rings (SSSR count). The molecule has 0 bridgehead atoms. The number of nitrogens with one attached hydrogen (secondary N) is 1. The molecule has 0 saturated carbocycles. The summed E-state index contributed by atoms with van der Waals surface area (Å²) in [4.78, 5) is 27.8. The zero-order valence-electron chi connectivity index (χ0n) is 13.4. The molecule has 2 heterocycles. The molecule has 2 saturated heterocycles. The zero-order valence-corrected chi connectivity index (χ0v) is 14.2. The number of likely N-dealkylation sites (tertiary alicyclic amines) is 2. The van der Waals surface area contributed by atoms with Crippen molar-refractivity contribution in [3.63, 3.8) is 0 Å². The third kappa shape index (κ3) is 5.41. The number of piperidine rings is 2. The molecule has 0 aliphatic carbocycles. The third-order valence-corrected chi connectivity index (χ3v) is 4.63. The molecule has 6 nitrogen and oxygen atoms in total. The Bertz CT molecular complexity index is 379. The molecule has 2 fully saturated rings. The van der Waals surface area contributed by atoms with Gasteiger partial charge in [-0.2, -0.15) is 0 Å². The van der Waals surface area contributed by atoms with Gasteiger partial charge >= 0.3 is 0 Å². The Morgan fingerprint density at radius 1 is 1.18 bits per heavy atom. The van der Waals surface area contributed by atoms with E-state index in [4.69, 9.17) is 5.73 Å². The maximum atomic E-state index is 12.4. The Morgan fingerprint density at radius 3 is 2.59 bits per heavy atom. The summed E-state index contributed by atoms with van der Waals surface area (Å²) in [6.45, 7) is 4.74. The summed E-state index contributed by atoms with van der Waals surface area (Å²) < 4.78 is 0. The summed E-state index contributed by atoms with van der Waals surface area (Å²) in [5.74, 6) is 0.336. The fourth-order valence-corrected chi connectivity index (χ4v) is 3.48. The number of nitrogens with zero attached hydrogens (tertiary/aromatic N) is 2. The van der Waals surface area contributed by atoms with Gasteiger partial charge in [0.2, 0.25) is 11.8 Å². The first-order valence-corrected chi connectivity index (χ1v) is 8.04. The second kappa shape index (κ2) is 9.33. The van der Waals surface area contributed by atoms with Gasteiger partial charge < -0.3 is 16.0 Å². The molecule has 0 spiro atoms. The van der Waals surface area contributed by atoms with Crippen LogP contribution in [0.1, 0.15) is 25.7 Å². The minimum Gasteiger partial charge on any atom is -0.369 e. The number of halogens is 1. The molecule has 0 aromatic rings. The molecular weight excluding hydrogens is 304 g/mol. The van der Waals surface area contributed by atoms with E-state index in [0.717, 1.165) is 45.4 Å². The monoisotopic (exact) mass is 332 g/mol. The number of carbonyl (C=O) groups is 2. The van der Waals surface area contributed by atoms with E-state index in [9.17, 15) is 9.59 Å². The second-order valence-corrected chi connectivity index (χ2v) is 6.38. The number of amides is 2. The molecule has 22 heavy (non-hydrogen) atoms. The van der Waals surface area contributed by atoms with Crippen LogP contribution < -0.4 is 11.1 Å². The van der Waals surface area contributed by atoms with Crippen LogP contribution in [0.4, 0.5) is 0 Å². The topological polar surface area (TPSA) is 78.7 Å². The summed E-state index contributed by atoms with van der Waals surface area (Å²) in [6.07, 6.45) is 4.08. The minimum absolute atomic E-state index is 0. The molecule has 7 heteroatoms. The van der Waals surface area contributed by atoms with E-state index < -0.39 is 0 Å². The number of carbonyl (C=O) groups excluding carboxylic acids is 2. The second-order valence-electron chi connectivity index (χ2n) is 6.38. The highest BCUT2D eigenvalue weighted by Gasteiger charge is 2.28.